The maximum Gasteiger partial charge on any atom is 0.410 e. The summed E-state index contributed by atoms with van der Waals surface area (Å²) in [5.41, 5.74) is 2.27. The fraction of sp³-hybridized carbons (Fsp3) is 0.476. The first-order chi connectivity index (χ1) is 14.7. The molecule has 4 heterocycles. The third-order valence-corrected chi connectivity index (χ3v) is 5.30. The van der Waals surface area contributed by atoms with Crippen LogP contribution in [0.25, 0.3) is 16.9 Å². The van der Waals surface area contributed by atoms with Crippen molar-refractivity contribution in [2.75, 3.05) is 13.1 Å². The van der Waals surface area contributed by atoms with Crippen LogP contribution in [-0.4, -0.2) is 59.2 Å². The van der Waals surface area contributed by atoms with E-state index in [0.717, 1.165) is 18.5 Å². The number of fused-ring (bicyclic) bond motifs is 1. The molecule has 3 aromatic heterocycles. The van der Waals surface area contributed by atoms with Crippen LogP contribution in [0.15, 0.2) is 18.3 Å². The molecule has 10 nitrogen and oxygen atoms in total. The number of imidazole rings is 1. The first kappa shape index (κ1) is 20.7. The maximum absolute atomic E-state index is 12.5. The number of ether oxygens (including phenoxy) is 1. The van der Waals surface area contributed by atoms with Gasteiger partial charge in [-0.25, -0.2) is 14.5 Å². The topological polar surface area (TPSA) is 122 Å². The van der Waals surface area contributed by atoms with Crippen molar-refractivity contribution in [3.63, 3.8) is 0 Å². The molecular weight excluding hydrogens is 398 g/mol. The van der Waals surface area contributed by atoms with Crippen LogP contribution in [0.3, 0.4) is 0 Å². The number of amides is 1. The van der Waals surface area contributed by atoms with Crippen molar-refractivity contribution < 1.29 is 14.6 Å². The van der Waals surface area contributed by atoms with E-state index in [1.807, 2.05) is 38.4 Å². The van der Waals surface area contributed by atoms with Gasteiger partial charge >= 0.3 is 6.09 Å². The lowest BCUT2D eigenvalue weighted by Crippen LogP contribution is -2.43. The molecule has 0 radical (unpaired) electrons. The normalized spacial score (nSPS) is 17.0. The average Bonchev–Trinajstić information content (AvgIpc) is 3.30. The Labute approximate surface area is 179 Å². The van der Waals surface area contributed by atoms with Gasteiger partial charge in [-0.05, 0) is 46.6 Å². The van der Waals surface area contributed by atoms with Gasteiger partial charge < -0.3 is 14.7 Å². The zero-order valence-electron chi connectivity index (χ0n) is 18.0. The van der Waals surface area contributed by atoms with Gasteiger partial charge in [-0.3, -0.25) is 4.40 Å². The molecule has 0 spiro atoms. The molecule has 1 fully saturated rings. The van der Waals surface area contributed by atoms with Crippen molar-refractivity contribution in [3.05, 3.63) is 29.7 Å². The molecule has 3 aromatic rings. The summed E-state index contributed by atoms with van der Waals surface area (Å²) in [6.45, 7) is 8.62. The van der Waals surface area contributed by atoms with E-state index in [1.165, 1.54) is 10.6 Å². The summed E-state index contributed by atoms with van der Waals surface area (Å²) in [5.74, 6) is -0.0933. The van der Waals surface area contributed by atoms with Crippen LogP contribution in [0, 0.1) is 18.3 Å². The number of hydrogen-bond acceptors (Lipinski definition) is 7. The quantitative estimate of drug-likeness (QED) is 0.672. The lowest BCUT2D eigenvalue weighted by atomic mass is 10.1. The molecular formula is C21H25N7O3. The van der Waals surface area contributed by atoms with Gasteiger partial charge in [0.15, 0.2) is 5.88 Å². The van der Waals surface area contributed by atoms with Crippen LogP contribution in [0.5, 0.6) is 5.88 Å². The van der Waals surface area contributed by atoms with Gasteiger partial charge in [-0.2, -0.15) is 5.26 Å². The molecule has 0 aromatic carbocycles. The number of aromatic hydroxyl groups is 1. The van der Waals surface area contributed by atoms with E-state index in [4.69, 9.17) is 10.00 Å². The smallest absolute Gasteiger partial charge is 0.410 e. The predicted octanol–water partition coefficient (Wildman–Crippen LogP) is 3.05. The minimum atomic E-state index is -0.542. The predicted molar refractivity (Wildman–Crippen MR) is 111 cm³/mol. The minimum Gasteiger partial charge on any atom is -0.494 e. The first-order valence-corrected chi connectivity index (χ1v) is 10.2. The summed E-state index contributed by atoms with van der Waals surface area (Å²) in [6.07, 6.45) is 2.81. The zero-order chi connectivity index (χ0) is 22.3. The molecule has 31 heavy (non-hydrogen) atoms. The van der Waals surface area contributed by atoms with Crippen LogP contribution in [0.4, 0.5) is 4.79 Å². The molecule has 1 aliphatic heterocycles. The highest BCUT2D eigenvalue weighted by Gasteiger charge is 2.30. The Bertz CT molecular complexity index is 1180. The van der Waals surface area contributed by atoms with Gasteiger partial charge in [0.05, 0.1) is 17.9 Å². The number of piperidine rings is 1. The third kappa shape index (κ3) is 3.91. The number of carbonyl (C=O) groups excluding carboxylic acids is 1. The molecule has 0 bridgehead atoms. The standard InChI is InChI=1S/C21H25N7O3/c1-13-19(14-8-17-23-11-16(10-22)27(17)18(29)9-14)24-25-28(13)15-6-5-7-26(12-15)20(30)31-21(2,3)4/h8-9,11,15,29H,5-7,12H2,1-4H3/t15-/m0/s1. The second kappa shape index (κ2) is 7.58. The van der Waals surface area contributed by atoms with Crippen molar-refractivity contribution in [1.29, 1.82) is 5.26 Å². The lowest BCUT2D eigenvalue weighted by molar-refractivity contribution is 0.0165. The van der Waals surface area contributed by atoms with Gasteiger partial charge in [0, 0.05) is 24.7 Å². The number of pyridine rings is 1. The molecule has 1 N–H and O–H groups in total. The molecule has 1 amide bonds. The second-order valence-electron chi connectivity index (χ2n) is 8.74. The highest BCUT2D eigenvalue weighted by Crippen LogP contribution is 2.30. The monoisotopic (exact) mass is 423 g/mol. The van der Waals surface area contributed by atoms with E-state index in [1.54, 1.807) is 17.0 Å². The van der Waals surface area contributed by atoms with E-state index < -0.39 is 5.60 Å². The Balaban J connectivity index is 1.61. The van der Waals surface area contributed by atoms with E-state index in [-0.39, 0.29) is 23.7 Å². The molecule has 4 rings (SSSR count). The summed E-state index contributed by atoms with van der Waals surface area (Å²) in [6, 6.07) is 5.29. The van der Waals surface area contributed by atoms with Crippen molar-refractivity contribution in [2.45, 2.75) is 52.2 Å². The summed E-state index contributed by atoms with van der Waals surface area (Å²) in [4.78, 5) is 18.4. The van der Waals surface area contributed by atoms with E-state index >= 15 is 0 Å². The van der Waals surface area contributed by atoms with Crippen LogP contribution in [0.1, 0.15) is 51.0 Å². The van der Waals surface area contributed by atoms with E-state index in [0.29, 0.717) is 30.0 Å². The fourth-order valence-corrected chi connectivity index (χ4v) is 3.91. The van der Waals surface area contributed by atoms with Gasteiger partial charge in [0.25, 0.3) is 0 Å². The highest BCUT2D eigenvalue weighted by atomic mass is 16.6. The Morgan fingerprint density at radius 3 is 2.84 bits per heavy atom. The van der Waals surface area contributed by atoms with E-state index in [9.17, 15) is 9.90 Å². The SMILES string of the molecule is Cc1c(-c2cc(O)n3c(C#N)cnc3c2)nnn1[C@H]1CCCN(C(=O)OC(C)(C)C)C1. The Kier molecular flexibility index (Phi) is 5.05. The largest absolute Gasteiger partial charge is 0.494 e. The molecule has 1 aliphatic rings. The summed E-state index contributed by atoms with van der Waals surface area (Å²) in [5, 5.41) is 28.2. The molecule has 1 saturated heterocycles. The van der Waals surface area contributed by atoms with Gasteiger partial charge in [0.1, 0.15) is 28.7 Å². The molecule has 0 unspecified atom stereocenters. The van der Waals surface area contributed by atoms with Gasteiger partial charge in [0.2, 0.25) is 0 Å². The summed E-state index contributed by atoms with van der Waals surface area (Å²) >= 11 is 0. The molecule has 0 saturated carbocycles. The molecule has 162 valence electrons. The number of hydrogen-bond donors (Lipinski definition) is 1. The van der Waals surface area contributed by atoms with Gasteiger partial charge in [-0.1, -0.05) is 5.21 Å². The fourth-order valence-electron chi connectivity index (χ4n) is 3.91. The lowest BCUT2D eigenvalue weighted by Gasteiger charge is -2.34. The third-order valence-electron chi connectivity index (χ3n) is 5.30. The molecule has 0 aliphatic carbocycles. The Hall–Kier alpha value is -3.61. The number of rotatable bonds is 2. The summed E-state index contributed by atoms with van der Waals surface area (Å²) in [7, 11) is 0. The molecule has 1 atom stereocenters. The highest BCUT2D eigenvalue weighted by molar-refractivity contribution is 5.69. The van der Waals surface area contributed by atoms with E-state index in [2.05, 4.69) is 15.3 Å². The van der Waals surface area contributed by atoms with Crippen molar-refractivity contribution in [1.82, 2.24) is 29.3 Å². The number of nitrogens with zero attached hydrogens (tertiary/aromatic N) is 7. The van der Waals surface area contributed by atoms with Crippen molar-refractivity contribution in [2.24, 2.45) is 0 Å². The average molecular weight is 423 g/mol. The zero-order valence-corrected chi connectivity index (χ0v) is 18.0. The minimum absolute atomic E-state index is 0.0172. The van der Waals surface area contributed by atoms with Gasteiger partial charge in [-0.15, -0.1) is 5.10 Å². The number of aromatic nitrogens is 5. The van der Waals surface area contributed by atoms with Crippen molar-refractivity contribution in [3.8, 4) is 23.2 Å². The van der Waals surface area contributed by atoms with Crippen LogP contribution >= 0.6 is 0 Å². The van der Waals surface area contributed by atoms with Crippen molar-refractivity contribution >= 4 is 11.7 Å². The Morgan fingerprint density at radius 1 is 1.35 bits per heavy atom. The second-order valence-corrected chi connectivity index (χ2v) is 8.74. The number of carbonyl (C=O) groups is 1. The first-order valence-electron chi connectivity index (χ1n) is 10.2. The van der Waals surface area contributed by atoms with Crippen LogP contribution in [-0.2, 0) is 4.74 Å². The van der Waals surface area contributed by atoms with Crippen LogP contribution in [0.2, 0.25) is 0 Å². The number of likely N-dealkylation sites (tertiary alicyclic amines) is 1. The van der Waals surface area contributed by atoms with Crippen LogP contribution < -0.4 is 0 Å². The Morgan fingerprint density at radius 2 is 2.13 bits per heavy atom. The summed E-state index contributed by atoms with van der Waals surface area (Å²) < 4.78 is 8.72. The maximum atomic E-state index is 12.5. The number of nitriles is 1. The molecule has 10 heteroatoms.